The molecular weight excluding hydrogens is 843 g/mol. The molecule has 24 nitrogen and oxygen atoms in total. The van der Waals surface area contributed by atoms with Crippen molar-refractivity contribution in [2.24, 2.45) is 10.7 Å². The number of nitrogens with one attached hydrogen (secondary N) is 1. The lowest BCUT2D eigenvalue weighted by atomic mass is 10.1. The fourth-order valence-corrected chi connectivity index (χ4v) is 6.55. The van der Waals surface area contributed by atoms with Gasteiger partial charge in [-0.1, -0.05) is 0 Å². The Morgan fingerprint density at radius 1 is 0.790 bits per heavy atom. The molecule has 62 heavy (non-hydrogen) atoms. The van der Waals surface area contributed by atoms with Gasteiger partial charge in [0.05, 0.1) is 39.9 Å². The van der Waals surface area contributed by atoms with Crippen LogP contribution in [0.4, 0.5) is 31.4 Å². The average molecular weight is 882 g/mol. The summed E-state index contributed by atoms with van der Waals surface area (Å²) < 4.78 is 15.6. The van der Waals surface area contributed by atoms with Crippen molar-refractivity contribution in [1.82, 2.24) is 20.0 Å². The number of likely N-dealkylation sites (tertiary alicyclic amines) is 2. The third kappa shape index (κ3) is 12.6. The summed E-state index contributed by atoms with van der Waals surface area (Å²) in [7, 11) is 0. The van der Waals surface area contributed by atoms with Crippen molar-refractivity contribution in [1.29, 1.82) is 0 Å². The Morgan fingerprint density at radius 3 is 1.74 bits per heavy atom. The fourth-order valence-electron chi connectivity index (χ4n) is 6.17. The maximum absolute atomic E-state index is 13.4. The van der Waals surface area contributed by atoms with Crippen LogP contribution < -0.4 is 11.1 Å². The quantitative estimate of drug-likeness (QED) is 0.0426. The molecule has 3 aromatic rings. The number of aliphatic hydroxyl groups excluding tert-OH is 1. The molecule has 2 saturated heterocycles. The van der Waals surface area contributed by atoms with E-state index in [2.05, 4.69) is 22.9 Å². The monoisotopic (exact) mass is 881 g/mol. The van der Waals surface area contributed by atoms with Crippen LogP contribution in [0.25, 0.3) is 0 Å². The zero-order valence-electron chi connectivity index (χ0n) is 32.4. The Morgan fingerprint density at radius 2 is 1.26 bits per heavy atom. The Hall–Kier alpha value is -7.41. The summed E-state index contributed by atoms with van der Waals surface area (Å²) in [6.45, 7) is -1.42. The highest BCUT2D eigenvalue weighted by molar-refractivity contribution is 7.81. The highest BCUT2D eigenvalue weighted by atomic mass is 32.1. The molecule has 2 aliphatic heterocycles. The van der Waals surface area contributed by atoms with Gasteiger partial charge in [-0.2, -0.15) is 12.6 Å². The number of thiol groups is 1. The number of aliphatic hydroxyl groups is 1. The van der Waals surface area contributed by atoms with Crippen LogP contribution >= 0.6 is 12.6 Å². The molecule has 2 aliphatic rings. The van der Waals surface area contributed by atoms with Gasteiger partial charge in [0.1, 0.15) is 25.9 Å². The minimum atomic E-state index is -1.61. The van der Waals surface area contributed by atoms with Gasteiger partial charge >= 0.3 is 18.3 Å². The number of nitro benzene ring substituents is 3. The molecule has 328 valence electrons. The first-order valence-electron chi connectivity index (χ1n) is 18.5. The van der Waals surface area contributed by atoms with E-state index in [1.54, 1.807) is 0 Å². The van der Waals surface area contributed by atoms with E-state index in [9.17, 15) is 59.4 Å². The lowest BCUT2D eigenvalue weighted by Crippen LogP contribution is -2.64. The Labute approximate surface area is 356 Å². The van der Waals surface area contributed by atoms with Gasteiger partial charge < -0.3 is 35.3 Å². The van der Waals surface area contributed by atoms with Crippen molar-refractivity contribution < 1.29 is 58.1 Å². The number of ether oxygens (including phenoxy) is 3. The second-order valence-electron chi connectivity index (χ2n) is 13.9. The number of guanidine groups is 1. The molecule has 3 aromatic carbocycles. The topological polar surface area (TPSA) is 323 Å². The van der Waals surface area contributed by atoms with E-state index < -0.39 is 88.6 Å². The van der Waals surface area contributed by atoms with Crippen molar-refractivity contribution in [3.8, 4) is 0 Å². The number of hydrogen-bond donors (Lipinski definition) is 4. The summed E-state index contributed by atoms with van der Waals surface area (Å²) in [5.41, 5.74) is 6.63. The largest absolute Gasteiger partial charge is 0.445 e. The van der Waals surface area contributed by atoms with Gasteiger partial charge in [0.15, 0.2) is 0 Å². The standard InChI is InChI=1S/C37H39N9O15S/c38-34(40-35(50)59-19-22-1-7-26(8-2-22)44(53)54)43(37(52)61-21-24-5-11-28(12-6-24)46(57)58)17-29(47)13-32(48)39-25-15-41(16-25)33(49)31-14-30(62)18-42(31)36(51)60-20-23-3-9-27(10-4-23)45(55)56/h1-12,25,29-31,47,62H,13-21H2,(H,39,48)(H2,38,40,50)/t29?,30-,31-/m0/s1. The van der Waals surface area contributed by atoms with Gasteiger partial charge in [0, 0.05) is 61.3 Å². The number of carbonyl (C=O) groups excluding carboxylic acids is 5. The number of hydrogen-bond acceptors (Lipinski definition) is 16. The van der Waals surface area contributed by atoms with Gasteiger partial charge in [-0.3, -0.25) is 44.8 Å². The van der Waals surface area contributed by atoms with Crippen LogP contribution in [0.5, 0.6) is 0 Å². The molecule has 0 spiro atoms. The van der Waals surface area contributed by atoms with E-state index in [4.69, 9.17) is 19.9 Å². The van der Waals surface area contributed by atoms with Gasteiger partial charge in [-0.05, 0) is 59.5 Å². The van der Waals surface area contributed by atoms with Crippen LogP contribution in [-0.2, 0) is 43.6 Å². The number of carbonyl (C=O) groups is 5. The van der Waals surface area contributed by atoms with Gasteiger partial charge in [0.25, 0.3) is 17.1 Å². The summed E-state index contributed by atoms with van der Waals surface area (Å²) in [6.07, 6.45) is -5.24. The number of nitrogens with two attached hydrogens (primary N) is 1. The highest BCUT2D eigenvalue weighted by Crippen LogP contribution is 2.27. The number of benzene rings is 3. The molecule has 0 aliphatic carbocycles. The van der Waals surface area contributed by atoms with Crippen molar-refractivity contribution in [2.75, 3.05) is 26.2 Å². The van der Waals surface area contributed by atoms with E-state index in [1.165, 1.54) is 82.6 Å². The summed E-state index contributed by atoms with van der Waals surface area (Å²) >= 11 is 4.44. The molecular formula is C37H39N9O15S. The number of rotatable bonds is 15. The number of nitro groups is 3. The van der Waals surface area contributed by atoms with E-state index in [1.807, 2.05) is 0 Å². The molecule has 0 bridgehead atoms. The van der Waals surface area contributed by atoms with Crippen molar-refractivity contribution in [2.45, 2.75) is 56.1 Å². The molecule has 0 saturated carbocycles. The normalized spacial score (nSPS) is 16.6. The van der Waals surface area contributed by atoms with Crippen LogP contribution in [0.15, 0.2) is 77.8 Å². The minimum Gasteiger partial charge on any atom is -0.445 e. The summed E-state index contributed by atoms with van der Waals surface area (Å²) in [4.78, 5) is 103. The summed E-state index contributed by atoms with van der Waals surface area (Å²) in [5, 5.41) is 46.0. The fraction of sp³-hybridized carbons (Fsp3) is 0.351. The highest BCUT2D eigenvalue weighted by Gasteiger charge is 2.44. The van der Waals surface area contributed by atoms with Crippen LogP contribution in [0.3, 0.4) is 0 Å². The number of nitrogens with zero attached hydrogens (tertiary/aromatic N) is 7. The molecule has 0 radical (unpaired) electrons. The molecule has 1 unspecified atom stereocenters. The maximum Gasteiger partial charge on any atom is 0.437 e. The number of non-ortho nitro benzene ring substituents is 3. The van der Waals surface area contributed by atoms with Crippen molar-refractivity contribution >= 4 is 65.7 Å². The molecule has 5 amide bonds. The zero-order valence-corrected chi connectivity index (χ0v) is 33.3. The molecule has 4 N–H and O–H groups in total. The summed E-state index contributed by atoms with van der Waals surface area (Å²) in [5.74, 6) is -1.87. The molecule has 5 rings (SSSR count). The third-order valence-electron chi connectivity index (χ3n) is 9.40. The van der Waals surface area contributed by atoms with Crippen LogP contribution in [0.2, 0.25) is 0 Å². The number of amides is 5. The second kappa shape index (κ2) is 20.7. The van der Waals surface area contributed by atoms with E-state index in [0.717, 1.165) is 0 Å². The molecule has 3 atom stereocenters. The van der Waals surface area contributed by atoms with Crippen LogP contribution in [0.1, 0.15) is 29.5 Å². The first kappa shape index (κ1) is 45.7. The van der Waals surface area contributed by atoms with Crippen LogP contribution in [0, 0.1) is 30.3 Å². The summed E-state index contributed by atoms with van der Waals surface area (Å²) in [6, 6.07) is 14.1. The predicted octanol–water partition coefficient (Wildman–Crippen LogP) is 2.79. The van der Waals surface area contributed by atoms with Gasteiger partial charge in [0.2, 0.25) is 17.8 Å². The third-order valence-corrected chi connectivity index (χ3v) is 9.78. The lowest BCUT2D eigenvalue weighted by Gasteiger charge is -2.41. The molecule has 25 heteroatoms. The lowest BCUT2D eigenvalue weighted by molar-refractivity contribution is -0.385. The van der Waals surface area contributed by atoms with Crippen molar-refractivity contribution in [3.63, 3.8) is 0 Å². The minimum absolute atomic E-state index is 0.0722. The Bertz CT molecular complexity index is 2210. The Kier molecular flexibility index (Phi) is 15.3. The van der Waals surface area contributed by atoms with Crippen molar-refractivity contribution in [3.05, 3.63) is 120 Å². The first-order valence-corrected chi connectivity index (χ1v) is 19.0. The first-order chi connectivity index (χ1) is 29.5. The predicted molar refractivity (Wildman–Crippen MR) is 215 cm³/mol. The molecule has 2 fully saturated rings. The smallest absolute Gasteiger partial charge is 0.437 e. The zero-order chi connectivity index (χ0) is 45.1. The Balaban J connectivity index is 1.13. The second-order valence-corrected chi connectivity index (χ2v) is 14.7. The van der Waals surface area contributed by atoms with Gasteiger partial charge in [-0.15, -0.1) is 4.99 Å². The SMILES string of the molecule is NC(=NC(=O)OCc1ccc([N+](=O)[O-])cc1)N(CC(O)CC(=O)NC1CN(C(=O)[C@@H]2C[C@H](S)CN2C(=O)OCc2ccc([N+](=O)[O-])cc2)C1)C(=O)OCc1ccc([N+](=O)[O-])cc1. The van der Waals surface area contributed by atoms with E-state index in [0.29, 0.717) is 21.6 Å². The maximum atomic E-state index is 13.4. The van der Waals surface area contributed by atoms with Gasteiger partial charge in [-0.25, -0.2) is 19.3 Å². The average Bonchev–Trinajstić information content (AvgIpc) is 3.63. The molecule has 2 heterocycles. The number of aliphatic imine (C=N–C) groups is 1. The van der Waals surface area contributed by atoms with E-state index >= 15 is 0 Å². The van der Waals surface area contributed by atoms with Crippen LogP contribution in [-0.4, -0.2) is 120 Å². The van der Waals surface area contributed by atoms with E-state index in [-0.39, 0.29) is 61.6 Å². The molecule has 0 aromatic heterocycles.